The van der Waals surface area contributed by atoms with E-state index in [1.807, 2.05) is 11.8 Å². The van der Waals surface area contributed by atoms with Crippen molar-refractivity contribution in [3.05, 3.63) is 0 Å². The van der Waals surface area contributed by atoms with E-state index in [9.17, 15) is 0 Å². The monoisotopic (exact) mass is 189 g/mol. The Hall–Kier alpha value is 0.270. The summed E-state index contributed by atoms with van der Waals surface area (Å²) in [4.78, 5) is 2.38. The maximum atomic E-state index is 8.90. The van der Waals surface area contributed by atoms with Gasteiger partial charge in [-0.1, -0.05) is 6.92 Å². The molecule has 0 aromatic heterocycles. The molecular formula is C9H19NOS. The molecule has 0 spiro atoms. The van der Waals surface area contributed by atoms with Crippen molar-refractivity contribution >= 4 is 11.8 Å². The number of likely N-dealkylation sites (tertiary alicyclic amines) is 1. The molecule has 2 unspecified atom stereocenters. The van der Waals surface area contributed by atoms with Crippen LogP contribution in [0.25, 0.3) is 0 Å². The first-order valence-corrected chi connectivity index (χ1v) is 5.61. The van der Waals surface area contributed by atoms with Gasteiger partial charge in [-0.15, -0.1) is 0 Å². The van der Waals surface area contributed by atoms with Crippen molar-refractivity contribution < 1.29 is 5.11 Å². The van der Waals surface area contributed by atoms with Crippen LogP contribution in [0.2, 0.25) is 0 Å². The Kier molecular flexibility index (Phi) is 4.40. The third kappa shape index (κ3) is 3.33. The van der Waals surface area contributed by atoms with E-state index < -0.39 is 0 Å². The molecule has 0 amide bonds. The van der Waals surface area contributed by atoms with Crippen LogP contribution in [0.1, 0.15) is 19.8 Å². The molecular weight excluding hydrogens is 170 g/mol. The SMILES string of the molecule is CC(CO)SC1CCCN(C)C1. The fraction of sp³-hybridized carbons (Fsp3) is 1.00. The average Bonchev–Trinajstić information content (AvgIpc) is 2.04. The number of nitrogens with zero attached hydrogens (tertiary/aromatic N) is 1. The summed E-state index contributed by atoms with van der Waals surface area (Å²) in [5, 5.41) is 10.0. The second-order valence-electron chi connectivity index (χ2n) is 3.66. The van der Waals surface area contributed by atoms with E-state index in [0.29, 0.717) is 11.9 Å². The van der Waals surface area contributed by atoms with Gasteiger partial charge in [0.1, 0.15) is 0 Å². The van der Waals surface area contributed by atoms with Gasteiger partial charge >= 0.3 is 0 Å². The van der Waals surface area contributed by atoms with Gasteiger partial charge in [0.15, 0.2) is 0 Å². The highest BCUT2D eigenvalue weighted by Gasteiger charge is 2.19. The molecule has 1 rings (SSSR count). The second-order valence-corrected chi connectivity index (χ2v) is 5.40. The lowest BCUT2D eigenvalue weighted by Gasteiger charge is -2.30. The zero-order chi connectivity index (χ0) is 8.97. The van der Waals surface area contributed by atoms with E-state index in [4.69, 9.17) is 5.11 Å². The molecule has 2 atom stereocenters. The maximum Gasteiger partial charge on any atom is 0.0547 e. The summed E-state index contributed by atoms with van der Waals surface area (Å²) in [6.07, 6.45) is 2.63. The third-order valence-corrected chi connectivity index (χ3v) is 3.65. The predicted octanol–water partition coefficient (Wildman–Crippen LogP) is 1.19. The summed E-state index contributed by atoms with van der Waals surface area (Å²) >= 11 is 1.93. The molecule has 0 aromatic rings. The van der Waals surface area contributed by atoms with Gasteiger partial charge in [0, 0.05) is 17.0 Å². The van der Waals surface area contributed by atoms with Crippen LogP contribution in [0.3, 0.4) is 0 Å². The molecule has 1 fully saturated rings. The fourth-order valence-electron chi connectivity index (χ4n) is 1.60. The summed E-state index contributed by atoms with van der Waals surface area (Å²) in [5.74, 6) is 0. The lowest BCUT2D eigenvalue weighted by atomic mass is 10.1. The zero-order valence-corrected chi connectivity index (χ0v) is 8.81. The minimum absolute atomic E-state index is 0.310. The molecule has 0 bridgehead atoms. The number of piperidine rings is 1. The van der Waals surface area contributed by atoms with Crippen molar-refractivity contribution in [2.75, 3.05) is 26.7 Å². The molecule has 0 aliphatic carbocycles. The van der Waals surface area contributed by atoms with Crippen molar-refractivity contribution in [3.8, 4) is 0 Å². The standard InChI is InChI=1S/C9H19NOS/c1-8(7-11)12-9-4-3-5-10(2)6-9/h8-9,11H,3-7H2,1-2H3. The molecule has 12 heavy (non-hydrogen) atoms. The first-order valence-electron chi connectivity index (χ1n) is 4.67. The highest BCUT2D eigenvalue weighted by Crippen LogP contribution is 2.25. The first kappa shape index (κ1) is 10.4. The normalized spacial score (nSPS) is 28.8. The summed E-state index contributed by atoms with van der Waals surface area (Å²) in [6.45, 7) is 4.84. The van der Waals surface area contributed by atoms with Crippen LogP contribution in [0.5, 0.6) is 0 Å². The smallest absolute Gasteiger partial charge is 0.0547 e. The molecule has 72 valence electrons. The Morgan fingerprint density at radius 1 is 1.67 bits per heavy atom. The van der Waals surface area contributed by atoms with E-state index in [-0.39, 0.29) is 0 Å². The van der Waals surface area contributed by atoms with Crippen molar-refractivity contribution in [2.45, 2.75) is 30.3 Å². The quantitative estimate of drug-likeness (QED) is 0.721. The number of rotatable bonds is 3. The van der Waals surface area contributed by atoms with Crippen molar-refractivity contribution in [1.82, 2.24) is 4.90 Å². The number of aliphatic hydroxyl groups is 1. The van der Waals surface area contributed by atoms with Gasteiger partial charge in [-0.2, -0.15) is 11.8 Å². The minimum atomic E-state index is 0.310. The number of aliphatic hydroxyl groups excluding tert-OH is 1. The van der Waals surface area contributed by atoms with Crippen molar-refractivity contribution in [2.24, 2.45) is 0 Å². The summed E-state index contributed by atoms with van der Waals surface area (Å²) in [5.41, 5.74) is 0. The lowest BCUT2D eigenvalue weighted by Crippen LogP contribution is -2.34. The van der Waals surface area contributed by atoms with Crippen molar-refractivity contribution in [3.63, 3.8) is 0 Å². The molecule has 3 heteroatoms. The molecule has 0 radical (unpaired) electrons. The van der Waals surface area contributed by atoms with Crippen LogP contribution in [0.4, 0.5) is 0 Å². The van der Waals surface area contributed by atoms with Gasteiger partial charge < -0.3 is 10.0 Å². The Balaban J connectivity index is 2.22. The Bertz CT molecular complexity index is 132. The van der Waals surface area contributed by atoms with Crippen LogP contribution in [0.15, 0.2) is 0 Å². The molecule has 1 N–H and O–H groups in total. The summed E-state index contributed by atoms with van der Waals surface area (Å²) in [6, 6.07) is 0. The summed E-state index contributed by atoms with van der Waals surface area (Å²) in [7, 11) is 2.18. The molecule has 1 aliphatic heterocycles. The van der Waals surface area contributed by atoms with Crippen LogP contribution >= 0.6 is 11.8 Å². The summed E-state index contributed by atoms with van der Waals surface area (Å²) < 4.78 is 0. The fourth-order valence-corrected chi connectivity index (χ4v) is 2.99. The lowest BCUT2D eigenvalue weighted by molar-refractivity contribution is 0.279. The molecule has 1 saturated heterocycles. The van der Waals surface area contributed by atoms with E-state index in [1.54, 1.807) is 0 Å². The maximum absolute atomic E-state index is 8.90. The van der Waals surface area contributed by atoms with E-state index >= 15 is 0 Å². The van der Waals surface area contributed by atoms with Gasteiger partial charge in [0.05, 0.1) is 6.61 Å². The molecule has 1 heterocycles. The van der Waals surface area contributed by atoms with Crippen LogP contribution in [0, 0.1) is 0 Å². The van der Waals surface area contributed by atoms with E-state index in [0.717, 1.165) is 5.25 Å². The topological polar surface area (TPSA) is 23.5 Å². The van der Waals surface area contributed by atoms with Crippen LogP contribution in [-0.4, -0.2) is 47.3 Å². The largest absolute Gasteiger partial charge is 0.395 e. The molecule has 1 aliphatic rings. The Morgan fingerprint density at radius 2 is 2.42 bits per heavy atom. The second kappa shape index (κ2) is 5.10. The number of thioether (sulfide) groups is 1. The molecule has 2 nitrogen and oxygen atoms in total. The minimum Gasteiger partial charge on any atom is -0.395 e. The van der Waals surface area contributed by atoms with E-state index in [2.05, 4.69) is 18.9 Å². The number of hydrogen-bond acceptors (Lipinski definition) is 3. The van der Waals surface area contributed by atoms with Gasteiger partial charge in [0.25, 0.3) is 0 Å². The zero-order valence-electron chi connectivity index (χ0n) is 7.99. The van der Waals surface area contributed by atoms with Gasteiger partial charge in [-0.05, 0) is 26.4 Å². The van der Waals surface area contributed by atoms with E-state index in [1.165, 1.54) is 25.9 Å². The first-order chi connectivity index (χ1) is 5.72. The molecule has 0 aromatic carbocycles. The van der Waals surface area contributed by atoms with Crippen LogP contribution < -0.4 is 0 Å². The van der Waals surface area contributed by atoms with Crippen molar-refractivity contribution in [1.29, 1.82) is 0 Å². The predicted molar refractivity (Wildman–Crippen MR) is 54.7 cm³/mol. The van der Waals surface area contributed by atoms with Gasteiger partial charge in [-0.3, -0.25) is 0 Å². The highest BCUT2D eigenvalue weighted by molar-refractivity contribution is 8.00. The van der Waals surface area contributed by atoms with Gasteiger partial charge in [0.2, 0.25) is 0 Å². The van der Waals surface area contributed by atoms with Gasteiger partial charge in [-0.25, -0.2) is 0 Å². The highest BCUT2D eigenvalue weighted by atomic mass is 32.2. The third-order valence-electron chi connectivity index (χ3n) is 2.26. The Labute approximate surface area is 79.3 Å². The number of hydrogen-bond donors (Lipinski definition) is 1. The Morgan fingerprint density at radius 3 is 3.00 bits per heavy atom. The average molecular weight is 189 g/mol. The van der Waals surface area contributed by atoms with Crippen LogP contribution in [-0.2, 0) is 0 Å². The molecule has 0 saturated carbocycles.